The van der Waals surface area contributed by atoms with E-state index in [9.17, 15) is 4.79 Å². The van der Waals surface area contributed by atoms with Gasteiger partial charge in [0.2, 0.25) is 0 Å². The number of imidazole rings is 1. The van der Waals surface area contributed by atoms with E-state index in [0.717, 1.165) is 39.1 Å². The number of hydrogen-bond donors (Lipinski definition) is 2. The van der Waals surface area contributed by atoms with Crippen LogP contribution in [0.25, 0.3) is 0 Å². The third kappa shape index (κ3) is 5.09. The first-order chi connectivity index (χ1) is 11.8. The summed E-state index contributed by atoms with van der Waals surface area (Å²) >= 11 is 0. The maximum atomic E-state index is 11.8. The van der Waals surface area contributed by atoms with Crippen molar-refractivity contribution in [2.75, 3.05) is 26.2 Å². The van der Waals surface area contributed by atoms with Crippen LogP contribution < -0.4 is 10.6 Å². The topological polar surface area (TPSA) is 62.2 Å². The maximum absolute atomic E-state index is 11.8. The first kappa shape index (κ1) is 16.5. The summed E-state index contributed by atoms with van der Waals surface area (Å²) in [5.74, 6) is 0.535. The molecule has 0 saturated carbocycles. The molecule has 0 spiro atoms. The van der Waals surface area contributed by atoms with Gasteiger partial charge in [0.25, 0.3) is 0 Å². The van der Waals surface area contributed by atoms with Gasteiger partial charge in [0.05, 0.1) is 6.33 Å². The monoisotopic (exact) mass is 327 g/mol. The van der Waals surface area contributed by atoms with Gasteiger partial charge in [-0.2, -0.15) is 0 Å². The highest BCUT2D eigenvalue weighted by atomic mass is 16.2. The average molecular weight is 327 g/mol. The van der Waals surface area contributed by atoms with E-state index in [2.05, 4.69) is 44.8 Å². The molecular formula is C18H25N5O. The number of urea groups is 1. The van der Waals surface area contributed by atoms with Crippen molar-refractivity contribution in [1.82, 2.24) is 25.1 Å². The molecule has 2 heterocycles. The van der Waals surface area contributed by atoms with Crippen LogP contribution in [-0.2, 0) is 13.1 Å². The average Bonchev–Trinajstić information content (AvgIpc) is 3.26. The lowest BCUT2D eigenvalue weighted by atomic mass is 10.1. The molecule has 128 valence electrons. The molecule has 0 radical (unpaired) electrons. The summed E-state index contributed by atoms with van der Waals surface area (Å²) in [6.45, 7) is 5.22. The number of aromatic nitrogens is 2. The molecule has 3 rings (SSSR count). The van der Waals surface area contributed by atoms with E-state index in [1.54, 1.807) is 12.5 Å². The van der Waals surface area contributed by atoms with E-state index in [1.807, 2.05) is 16.8 Å². The van der Waals surface area contributed by atoms with Crippen molar-refractivity contribution in [2.45, 2.75) is 19.5 Å². The standard InChI is InChI=1S/C18H25N5O/c24-18(20-8-11-22-10-7-19-15-22)21-12-17-6-9-23(14-17)13-16-4-2-1-3-5-16/h1-5,7,10,15,17H,6,8-9,11-14H2,(H2,20,21,24)/t17-/m0/s1. The number of carbonyl (C=O) groups is 1. The van der Waals surface area contributed by atoms with Crippen LogP contribution in [0.2, 0.25) is 0 Å². The highest BCUT2D eigenvalue weighted by Gasteiger charge is 2.22. The Hall–Kier alpha value is -2.34. The maximum Gasteiger partial charge on any atom is 0.314 e. The number of nitrogens with one attached hydrogen (secondary N) is 2. The highest BCUT2D eigenvalue weighted by Crippen LogP contribution is 2.17. The van der Waals surface area contributed by atoms with Gasteiger partial charge < -0.3 is 15.2 Å². The summed E-state index contributed by atoms with van der Waals surface area (Å²) in [7, 11) is 0. The Bertz CT molecular complexity index is 614. The molecule has 0 bridgehead atoms. The van der Waals surface area contributed by atoms with E-state index in [1.165, 1.54) is 5.56 Å². The lowest BCUT2D eigenvalue weighted by Crippen LogP contribution is -2.40. The van der Waals surface area contributed by atoms with Gasteiger partial charge in [-0.3, -0.25) is 4.90 Å². The molecule has 2 aromatic rings. The van der Waals surface area contributed by atoms with Gasteiger partial charge in [-0.15, -0.1) is 0 Å². The zero-order valence-electron chi connectivity index (χ0n) is 13.9. The molecule has 2 N–H and O–H groups in total. The van der Waals surface area contributed by atoms with Crippen LogP contribution in [0.15, 0.2) is 49.1 Å². The van der Waals surface area contributed by atoms with Gasteiger partial charge in [-0.25, -0.2) is 9.78 Å². The largest absolute Gasteiger partial charge is 0.338 e. The van der Waals surface area contributed by atoms with Crippen LogP contribution in [-0.4, -0.2) is 46.7 Å². The van der Waals surface area contributed by atoms with Crippen LogP contribution in [0.5, 0.6) is 0 Å². The van der Waals surface area contributed by atoms with Crippen molar-refractivity contribution in [3.63, 3.8) is 0 Å². The minimum absolute atomic E-state index is 0.0865. The molecule has 2 amide bonds. The van der Waals surface area contributed by atoms with Gasteiger partial charge in [0.1, 0.15) is 0 Å². The Balaban J connectivity index is 1.30. The van der Waals surface area contributed by atoms with Crippen LogP contribution in [0, 0.1) is 5.92 Å². The number of benzene rings is 1. The van der Waals surface area contributed by atoms with E-state index < -0.39 is 0 Å². The number of likely N-dealkylation sites (tertiary alicyclic amines) is 1. The molecule has 0 unspecified atom stereocenters. The molecular weight excluding hydrogens is 302 g/mol. The van der Waals surface area contributed by atoms with Crippen LogP contribution in [0.3, 0.4) is 0 Å². The summed E-state index contributed by atoms with van der Waals surface area (Å²) in [6.07, 6.45) is 6.52. The second kappa shape index (κ2) is 8.49. The number of amides is 2. The van der Waals surface area contributed by atoms with Crippen LogP contribution in [0.1, 0.15) is 12.0 Å². The molecule has 6 heteroatoms. The van der Waals surface area contributed by atoms with Gasteiger partial charge in [0, 0.05) is 45.1 Å². The fourth-order valence-electron chi connectivity index (χ4n) is 3.08. The van der Waals surface area contributed by atoms with Gasteiger partial charge in [-0.05, 0) is 24.4 Å². The van der Waals surface area contributed by atoms with Crippen LogP contribution in [0.4, 0.5) is 4.79 Å². The fourth-order valence-corrected chi connectivity index (χ4v) is 3.08. The van der Waals surface area contributed by atoms with Crippen molar-refractivity contribution in [3.8, 4) is 0 Å². The summed E-state index contributed by atoms with van der Waals surface area (Å²) < 4.78 is 1.94. The lowest BCUT2D eigenvalue weighted by molar-refractivity contribution is 0.238. The fraction of sp³-hybridized carbons (Fsp3) is 0.444. The smallest absolute Gasteiger partial charge is 0.314 e. The molecule has 1 atom stereocenters. The summed E-state index contributed by atoms with van der Waals surface area (Å²) in [5.41, 5.74) is 1.35. The van der Waals surface area contributed by atoms with E-state index in [4.69, 9.17) is 0 Å². The normalized spacial score (nSPS) is 17.8. The highest BCUT2D eigenvalue weighted by molar-refractivity contribution is 5.73. The second-order valence-corrected chi connectivity index (χ2v) is 6.31. The molecule has 0 aliphatic carbocycles. The molecule has 1 saturated heterocycles. The minimum atomic E-state index is -0.0865. The first-order valence-corrected chi connectivity index (χ1v) is 8.53. The zero-order valence-corrected chi connectivity index (χ0v) is 13.9. The van der Waals surface area contributed by atoms with E-state index in [-0.39, 0.29) is 6.03 Å². The molecule has 1 aromatic carbocycles. The Kier molecular flexibility index (Phi) is 5.85. The molecule has 1 fully saturated rings. The summed E-state index contributed by atoms with van der Waals surface area (Å²) in [6, 6.07) is 10.5. The SMILES string of the molecule is O=C(NCCn1ccnc1)NC[C@@H]1CCN(Cc2ccccc2)C1. The molecule has 6 nitrogen and oxygen atoms in total. The lowest BCUT2D eigenvalue weighted by Gasteiger charge is -2.16. The molecule has 1 aliphatic heterocycles. The predicted octanol–water partition coefficient (Wildman–Crippen LogP) is 1.70. The third-order valence-electron chi connectivity index (χ3n) is 4.39. The van der Waals surface area contributed by atoms with Gasteiger partial charge in [0.15, 0.2) is 0 Å². The molecule has 24 heavy (non-hydrogen) atoms. The number of hydrogen-bond acceptors (Lipinski definition) is 3. The van der Waals surface area contributed by atoms with Crippen LogP contribution >= 0.6 is 0 Å². The first-order valence-electron chi connectivity index (χ1n) is 8.53. The minimum Gasteiger partial charge on any atom is -0.338 e. The number of rotatable bonds is 7. The van der Waals surface area contributed by atoms with Crippen molar-refractivity contribution in [1.29, 1.82) is 0 Å². The third-order valence-corrected chi connectivity index (χ3v) is 4.39. The van der Waals surface area contributed by atoms with E-state index >= 15 is 0 Å². The van der Waals surface area contributed by atoms with Crippen molar-refractivity contribution in [2.24, 2.45) is 5.92 Å². The Morgan fingerprint density at radius 2 is 2.12 bits per heavy atom. The van der Waals surface area contributed by atoms with Gasteiger partial charge in [-0.1, -0.05) is 30.3 Å². The summed E-state index contributed by atoms with van der Waals surface area (Å²) in [4.78, 5) is 18.3. The van der Waals surface area contributed by atoms with Crippen molar-refractivity contribution < 1.29 is 4.79 Å². The quantitative estimate of drug-likeness (QED) is 0.814. The number of nitrogens with zero attached hydrogens (tertiary/aromatic N) is 3. The van der Waals surface area contributed by atoms with Crippen molar-refractivity contribution in [3.05, 3.63) is 54.6 Å². The molecule has 1 aliphatic rings. The Morgan fingerprint density at radius 1 is 1.25 bits per heavy atom. The van der Waals surface area contributed by atoms with E-state index in [0.29, 0.717) is 12.5 Å². The summed E-state index contributed by atoms with van der Waals surface area (Å²) in [5, 5.41) is 5.87. The predicted molar refractivity (Wildman–Crippen MR) is 93.5 cm³/mol. The van der Waals surface area contributed by atoms with Crippen molar-refractivity contribution >= 4 is 6.03 Å². The van der Waals surface area contributed by atoms with Gasteiger partial charge >= 0.3 is 6.03 Å². The Labute approximate surface area is 142 Å². The molecule has 1 aromatic heterocycles. The zero-order chi connectivity index (χ0) is 16.6. The second-order valence-electron chi connectivity index (χ2n) is 6.31. The Morgan fingerprint density at radius 3 is 2.92 bits per heavy atom. The number of carbonyl (C=O) groups excluding carboxylic acids is 1.